The van der Waals surface area contributed by atoms with Gasteiger partial charge in [0.2, 0.25) is 0 Å². The molecule has 0 amide bonds. The maximum Gasteiger partial charge on any atom is 0.118 e. The lowest BCUT2D eigenvalue weighted by atomic mass is 10.1. The van der Waals surface area contributed by atoms with Crippen LogP contribution in [0, 0.1) is 0 Å². The van der Waals surface area contributed by atoms with Crippen molar-refractivity contribution in [3.05, 3.63) is 72.3 Å². The molecular weight excluding hydrogens is 442 g/mol. The summed E-state index contributed by atoms with van der Waals surface area (Å²) in [5.41, 5.74) is 2.52. The average Bonchev–Trinajstić information content (AvgIpc) is 3.22. The minimum Gasteiger partial charge on any atom is -0.497 e. The van der Waals surface area contributed by atoms with Crippen LogP contribution in [0.1, 0.15) is 48.5 Å². The zero-order valence-corrected chi connectivity index (χ0v) is 23.5. The Morgan fingerprint density at radius 2 is 1.15 bits per heavy atom. The highest BCUT2D eigenvalue weighted by molar-refractivity contribution is 7.74. The maximum absolute atomic E-state index is 5.44. The van der Waals surface area contributed by atoms with Gasteiger partial charge in [0, 0.05) is 5.66 Å². The highest BCUT2D eigenvalue weighted by Gasteiger charge is 2.42. The van der Waals surface area contributed by atoms with E-state index in [0.717, 1.165) is 11.5 Å². The third-order valence-electron chi connectivity index (χ3n) is 6.22. The SMILES string of the molecule is COc1ccc(P(c2ccc(OC)cc2)C2C=CC=C2C(C)P(C(C)(C)C)C(C)(C)C)cc1. The van der Waals surface area contributed by atoms with Crippen LogP contribution in [0.2, 0.25) is 0 Å². The molecule has 0 N–H and O–H groups in total. The summed E-state index contributed by atoms with van der Waals surface area (Å²) < 4.78 is 10.9. The van der Waals surface area contributed by atoms with Crippen molar-refractivity contribution in [2.45, 2.75) is 70.1 Å². The molecule has 0 saturated carbocycles. The van der Waals surface area contributed by atoms with Gasteiger partial charge in [-0.15, -0.1) is 0 Å². The van der Waals surface area contributed by atoms with Gasteiger partial charge in [0.25, 0.3) is 0 Å². The smallest absolute Gasteiger partial charge is 0.118 e. The second-order valence-electron chi connectivity index (χ2n) is 10.7. The van der Waals surface area contributed by atoms with Crippen molar-refractivity contribution in [1.82, 2.24) is 0 Å². The largest absolute Gasteiger partial charge is 0.497 e. The van der Waals surface area contributed by atoms with Crippen LogP contribution in [0.4, 0.5) is 0 Å². The number of benzene rings is 2. The van der Waals surface area contributed by atoms with Crippen LogP contribution in [0.15, 0.2) is 72.3 Å². The van der Waals surface area contributed by atoms with E-state index in [9.17, 15) is 0 Å². The van der Waals surface area contributed by atoms with Gasteiger partial charge in [-0.05, 0) is 58.8 Å². The van der Waals surface area contributed by atoms with E-state index < -0.39 is 7.92 Å². The van der Waals surface area contributed by atoms with Gasteiger partial charge in [-0.2, -0.15) is 0 Å². The second kappa shape index (κ2) is 10.3. The first-order chi connectivity index (χ1) is 15.5. The lowest BCUT2D eigenvalue weighted by Crippen LogP contribution is -2.33. The van der Waals surface area contributed by atoms with Crippen LogP contribution in [-0.4, -0.2) is 35.8 Å². The molecule has 2 unspecified atom stereocenters. The molecule has 0 bridgehead atoms. The molecule has 1 aliphatic rings. The molecular formula is C29H40O2P2. The van der Waals surface area contributed by atoms with E-state index >= 15 is 0 Å². The first-order valence-electron chi connectivity index (χ1n) is 11.7. The fraction of sp³-hybridized carbons (Fsp3) is 0.448. The Hall–Kier alpha value is -1.62. The van der Waals surface area contributed by atoms with Crippen molar-refractivity contribution in [3.63, 3.8) is 0 Å². The number of allylic oxidation sites excluding steroid dienone is 4. The standard InChI is InChI=1S/C29H40O2P2/c1-21(33(28(2,3)4)29(5,6)7)26-11-10-12-27(26)32(24-17-13-22(30-8)14-18-24)25-19-15-23(31-9)16-20-25/h10-21,27H,1-9H3. The zero-order valence-electron chi connectivity index (χ0n) is 21.7. The molecule has 3 rings (SSSR count). The van der Waals surface area contributed by atoms with Gasteiger partial charge in [0.15, 0.2) is 0 Å². The number of methoxy groups -OCH3 is 2. The lowest BCUT2D eigenvalue weighted by molar-refractivity contribution is 0.415. The molecule has 0 aromatic heterocycles. The molecule has 0 saturated heterocycles. The highest BCUT2D eigenvalue weighted by Crippen LogP contribution is 2.65. The van der Waals surface area contributed by atoms with Gasteiger partial charge >= 0.3 is 0 Å². The lowest BCUT2D eigenvalue weighted by Gasteiger charge is -2.47. The van der Waals surface area contributed by atoms with Crippen LogP contribution < -0.4 is 20.1 Å². The van der Waals surface area contributed by atoms with E-state index in [1.165, 1.54) is 10.6 Å². The van der Waals surface area contributed by atoms with E-state index in [1.54, 1.807) is 19.8 Å². The van der Waals surface area contributed by atoms with Gasteiger partial charge < -0.3 is 9.47 Å². The van der Waals surface area contributed by atoms with Gasteiger partial charge in [0.1, 0.15) is 11.5 Å². The summed E-state index contributed by atoms with van der Waals surface area (Å²) in [6, 6.07) is 17.4. The summed E-state index contributed by atoms with van der Waals surface area (Å²) in [7, 11) is 2.59. The molecule has 2 aromatic carbocycles. The predicted octanol–water partition coefficient (Wildman–Crippen LogP) is 7.47. The fourth-order valence-electron chi connectivity index (χ4n) is 5.38. The Morgan fingerprint density at radius 3 is 1.52 bits per heavy atom. The summed E-state index contributed by atoms with van der Waals surface area (Å²) in [6.45, 7) is 17.0. The second-order valence-corrected chi connectivity index (χ2v) is 17.2. The normalized spacial score (nSPS) is 17.4. The van der Waals surface area contributed by atoms with E-state index in [0.29, 0.717) is 11.3 Å². The molecule has 0 heterocycles. The zero-order chi connectivity index (χ0) is 24.4. The maximum atomic E-state index is 5.44. The minimum atomic E-state index is -0.611. The van der Waals surface area contributed by atoms with Crippen LogP contribution in [-0.2, 0) is 0 Å². The predicted molar refractivity (Wildman–Crippen MR) is 149 cm³/mol. The first kappa shape index (κ1) is 26.0. The molecule has 178 valence electrons. The summed E-state index contributed by atoms with van der Waals surface area (Å²) in [5, 5.41) is 3.32. The molecule has 0 radical (unpaired) electrons. The molecule has 0 spiro atoms. The van der Waals surface area contributed by atoms with E-state index in [4.69, 9.17) is 9.47 Å². The molecule has 4 heteroatoms. The Labute approximate surface area is 204 Å². The minimum absolute atomic E-state index is 0.258. The van der Waals surface area contributed by atoms with E-state index in [2.05, 4.69) is 115 Å². The van der Waals surface area contributed by atoms with Gasteiger partial charge in [0.05, 0.1) is 14.2 Å². The quantitative estimate of drug-likeness (QED) is 0.381. The molecule has 0 aliphatic heterocycles. The van der Waals surface area contributed by atoms with Crippen molar-refractivity contribution in [2.75, 3.05) is 14.2 Å². The Morgan fingerprint density at radius 1 is 0.727 bits per heavy atom. The van der Waals surface area contributed by atoms with Crippen molar-refractivity contribution < 1.29 is 9.47 Å². The fourth-order valence-corrected chi connectivity index (χ4v) is 13.1. The monoisotopic (exact) mass is 482 g/mol. The molecule has 2 atom stereocenters. The van der Waals surface area contributed by atoms with Crippen molar-refractivity contribution in [2.24, 2.45) is 0 Å². The summed E-state index contributed by atoms with van der Waals surface area (Å²) in [6.07, 6.45) is 7.13. The summed E-state index contributed by atoms with van der Waals surface area (Å²) >= 11 is 0. The Balaban J connectivity index is 2.06. The number of rotatable bonds is 7. The van der Waals surface area contributed by atoms with E-state index in [1.807, 2.05) is 0 Å². The van der Waals surface area contributed by atoms with Gasteiger partial charge in [-0.1, -0.05) is 104 Å². The number of ether oxygens (including phenoxy) is 2. The molecule has 33 heavy (non-hydrogen) atoms. The third kappa shape index (κ3) is 5.90. The third-order valence-corrected chi connectivity index (χ3v) is 12.9. The first-order valence-corrected chi connectivity index (χ1v) is 14.5. The molecule has 2 nitrogen and oxygen atoms in total. The molecule has 1 aliphatic carbocycles. The van der Waals surface area contributed by atoms with Crippen LogP contribution >= 0.6 is 15.8 Å². The average molecular weight is 483 g/mol. The number of hydrogen-bond acceptors (Lipinski definition) is 2. The van der Waals surface area contributed by atoms with Crippen molar-refractivity contribution in [3.8, 4) is 11.5 Å². The van der Waals surface area contributed by atoms with Crippen LogP contribution in [0.5, 0.6) is 11.5 Å². The van der Waals surface area contributed by atoms with Gasteiger partial charge in [-0.3, -0.25) is 0 Å². The topological polar surface area (TPSA) is 18.5 Å². The van der Waals surface area contributed by atoms with Gasteiger partial charge in [-0.25, -0.2) is 0 Å². The molecule has 0 fully saturated rings. The summed E-state index contributed by atoms with van der Waals surface area (Å²) in [5.74, 6) is 1.80. The highest BCUT2D eigenvalue weighted by atomic mass is 31.1. The Kier molecular flexibility index (Phi) is 8.14. The van der Waals surface area contributed by atoms with Crippen molar-refractivity contribution in [1.29, 1.82) is 0 Å². The van der Waals surface area contributed by atoms with Crippen molar-refractivity contribution >= 4 is 26.5 Å². The Bertz CT molecular complexity index is 915. The van der Waals surface area contributed by atoms with E-state index in [-0.39, 0.29) is 18.2 Å². The van der Waals surface area contributed by atoms with Crippen LogP contribution in [0.3, 0.4) is 0 Å². The summed E-state index contributed by atoms with van der Waals surface area (Å²) in [4.78, 5) is 0. The number of hydrogen-bond donors (Lipinski definition) is 0. The molecule has 2 aromatic rings. The van der Waals surface area contributed by atoms with Crippen LogP contribution in [0.25, 0.3) is 0 Å².